The third-order valence-electron chi connectivity index (χ3n) is 4.43. The molecule has 0 fully saturated rings. The molecule has 2 aromatic carbocycles. The van der Waals surface area contributed by atoms with Crippen LogP contribution in [0.2, 0.25) is 0 Å². The first-order valence-corrected chi connectivity index (χ1v) is 9.73. The Morgan fingerprint density at radius 3 is 2.29 bits per heavy atom. The van der Waals surface area contributed by atoms with E-state index in [9.17, 15) is 8.42 Å². The topological polar surface area (TPSA) is 52.0 Å². The summed E-state index contributed by atoms with van der Waals surface area (Å²) in [5.74, 6) is 0.0438. The Bertz CT molecular complexity index is 994. The van der Waals surface area contributed by atoms with Gasteiger partial charge in [-0.25, -0.2) is 13.4 Å². The number of sulfone groups is 1. The highest BCUT2D eigenvalue weighted by Crippen LogP contribution is 2.25. The second-order valence-corrected chi connectivity index (χ2v) is 8.42. The van der Waals surface area contributed by atoms with E-state index in [0.29, 0.717) is 12.1 Å². The van der Waals surface area contributed by atoms with Crippen LogP contribution in [0.25, 0.3) is 11.0 Å². The van der Waals surface area contributed by atoms with Crippen LogP contribution in [-0.4, -0.2) is 23.7 Å². The molecule has 0 aliphatic heterocycles. The molecule has 126 valence electrons. The maximum atomic E-state index is 12.5. The minimum atomic E-state index is -3.39. The summed E-state index contributed by atoms with van der Waals surface area (Å²) >= 11 is 0. The van der Waals surface area contributed by atoms with Gasteiger partial charge in [-0.2, -0.15) is 0 Å². The number of nitrogens with zero attached hydrogens (tertiary/aromatic N) is 2. The molecule has 0 amide bonds. The normalized spacial score (nSPS) is 12.0. The van der Waals surface area contributed by atoms with E-state index in [-0.39, 0.29) is 10.9 Å². The largest absolute Gasteiger partial charge is 0.310 e. The summed E-state index contributed by atoms with van der Waals surface area (Å²) < 4.78 is 26.9. The van der Waals surface area contributed by atoms with Gasteiger partial charge in [0.05, 0.1) is 23.3 Å². The van der Waals surface area contributed by atoms with Crippen LogP contribution in [0.3, 0.4) is 0 Å². The molecule has 3 aromatic rings. The second-order valence-electron chi connectivity index (χ2n) is 6.25. The van der Waals surface area contributed by atoms with Crippen LogP contribution in [0, 0.1) is 20.8 Å². The molecule has 0 unspecified atom stereocenters. The van der Waals surface area contributed by atoms with Gasteiger partial charge >= 0.3 is 0 Å². The van der Waals surface area contributed by atoms with Crippen molar-refractivity contribution in [2.45, 2.75) is 39.4 Å². The Hall–Kier alpha value is -2.14. The highest BCUT2D eigenvalue weighted by molar-refractivity contribution is 7.91. The zero-order valence-corrected chi connectivity index (χ0v) is 15.3. The van der Waals surface area contributed by atoms with Crippen LogP contribution in [0.1, 0.15) is 29.2 Å². The van der Waals surface area contributed by atoms with Gasteiger partial charge in [-0.15, -0.1) is 0 Å². The van der Waals surface area contributed by atoms with Crippen LogP contribution in [0.4, 0.5) is 0 Å². The summed E-state index contributed by atoms with van der Waals surface area (Å²) in [6.45, 7) is 8.38. The molecule has 1 aromatic heterocycles. The van der Waals surface area contributed by atoms with Crippen molar-refractivity contribution in [2.24, 2.45) is 0 Å². The average Bonchev–Trinajstić information content (AvgIpc) is 2.90. The second kappa shape index (κ2) is 6.06. The minimum absolute atomic E-state index is 0.0438. The molecule has 0 spiro atoms. The fourth-order valence-corrected chi connectivity index (χ4v) is 4.18. The predicted molar refractivity (Wildman–Crippen MR) is 97.2 cm³/mol. The van der Waals surface area contributed by atoms with E-state index in [2.05, 4.69) is 37.9 Å². The summed E-state index contributed by atoms with van der Waals surface area (Å²) in [5, 5.41) is 0.158. The monoisotopic (exact) mass is 342 g/mol. The van der Waals surface area contributed by atoms with Crippen molar-refractivity contribution in [1.29, 1.82) is 0 Å². The van der Waals surface area contributed by atoms with Crippen molar-refractivity contribution in [3.05, 3.63) is 58.7 Å². The van der Waals surface area contributed by atoms with Crippen molar-refractivity contribution < 1.29 is 8.42 Å². The summed E-state index contributed by atoms with van der Waals surface area (Å²) in [6, 6.07) is 11.8. The molecule has 0 aliphatic rings. The summed E-state index contributed by atoms with van der Waals surface area (Å²) in [6.07, 6.45) is 0. The summed E-state index contributed by atoms with van der Waals surface area (Å²) in [7, 11) is -3.39. The van der Waals surface area contributed by atoms with Gasteiger partial charge in [0.25, 0.3) is 0 Å². The van der Waals surface area contributed by atoms with E-state index >= 15 is 0 Å². The number of imidazole rings is 1. The molecule has 0 N–H and O–H groups in total. The van der Waals surface area contributed by atoms with Gasteiger partial charge < -0.3 is 4.57 Å². The number of hydrogen-bond donors (Lipinski definition) is 0. The number of fused-ring (bicyclic) bond motifs is 1. The van der Waals surface area contributed by atoms with Crippen LogP contribution in [-0.2, 0) is 16.4 Å². The molecule has 0 radical (unpaired) electrons. The Labute approximate surface area is 143 Å². The lowest BCUT2D eigenvalue weighted by Gasteiger charge is -2.14. The van der Waals surface area contributed by atoms with Crippen LogP contribution in [0.15, 0.2) is 41.6 Å². The first kappa shape index (κ1) is 16.7. The molecular formula is C19H22N2O2S. The molecular weight excluding hydrogens is 320 g/mol. The third-order valence-corrected chi connectivity index (χ3v) is 6.06. The van der Waals surface area contributed by atoms with Gasteiger partial charge in [0.1, 0.15) is 0 Å². The van der Waals surface area contributed by atoms with E-state index in [4.69, 9.17) is 0 Å². The fourth-order valence-electron chi connectivity index (χ4n) is 3.19. The molecule has 0 bridgehead atoms. The zero-order valence-electron chi connectivity index (χ0n) is 14.5. The first-order chi connectivity index (χ1) is 11.3. The van der Waals surface area contributed by atoms with Crippen molar-refractivity contribution in [2.75, 3.05) is 5.75 Å². The van der Waals surface area contributed by atoms with Crippen molar-refractivity contribution in [3.63, 3.8) is 0 Å². The maximum Gasteiger partial charge on any atom is 0.229 e. The Balaban J connectivity index is 2.24. The lowest BCUT2D eigenvalue weighted by Crippen LogP contribution is -2.14. The van der Waals surface area contributed by atoms with Crippen molar-refractivity contribution in [1.82, 2.24) is 9.55 Å². The van der Waals surface area contributed by atoms with Crippen molar-refractivity contribution >= 4 is 20.9 Å². The van der Waals surface area contributed by atoms with Crippen LogP contribution < -0.4 is 0 Å². The number of aryl methyl sites for hydroxylation is 3. The molecule has 0 atom stereocenters. The number of aromatic nitrogens is 2. The summed E-state index contributed by atoms with van der Waals surface area (Å²) in [4.78, 5) is 4.40. The maximum absolute atomic E-state index is 12.5. The lowest BCUT2D eigenvalue weighted by molar-refractivity contribution is 0.576. The predicted octanol–water partition coefficient (Wildman–Crippen LogP) is 3.80. The van der Waals surface area contributed by atoms with Crippen LogP contribution in [0.5, 0.6) is 0 Å². The van der Waals surface area contributed by atoms with Gasteiger partial charge in [-0.05, 0) is 49.6 Å². The molecule has 3 rings (SSSR count). The minimum Gasteiger partial charge on any atom is -0.310 e. The summed E-state index contributed by atoms with van der Waals surface area (Å²) in [5.41, 5.74) is 6.27. The average molecular weight is 342 g/mol. The van der Waals surface area contributed by atoms with E-state index in [1.165, 1.54) is 16.7 Å². The number of benzene rings is 2. The van der Waals surface area contributed by atoms with Crippen LogP contribution >= 0.6 is 0 Å². The Morgan fingerprint density at radius 2 is 1.67 bits per heavy atom. The Morgan fingerprint density at radius 1 is 1.04 bits per heavy atom. The molecule has 0 saturated heterocycles. The molecule has 24 heavy (non-hydrogen) atoms. The number of para-hydroxylation sites is 2. The molecule has 5 heteroatoms. The van der Waals surface area contributed by atoms with Gasteiger partial charge in [-0.1, -0.05) is 36.8 Å². The molecule has 0 aliphatic carbocycles. The highest BCUT2D eigenvalue weighted by Gasteiger charge is 2.22. The SMILES string of the molecule is CCS(=O)(=O)c1nc2ccccc2n1Cc1c(C)cc(C)cc1C. The Kier molecular flexibility index (Phi) is 4.22. The third kappa shape index (κ3) is 2.84. The van der Waals surface area contributed by atoms with E-state index in [1.807, 2.05) is 28.8 Å². The smallest absolute Gasteiger partial charge is 0.229 e. The van der Waals surface area contributed by atoms with E-state index in [1.54, 1.807) is 6.92 Å². The zero-order chi connectivity index (χ0) is 17.5. The van der Waals surface area contributed by atoms with E-state index in [0.717, 1.165) is 11.1 Å². The highest BCUT2D eigenvalue weighted by atomic mass is 32.2. The fraction of sp³-hybridized carbons (Fsp3) is 0.316. The molecule has 4 nitrogen and oxygen atoms in total. The standard InChI is InChI=1S/C19H22N2O2S/c1-5-24(22,23)19-20-17-8-6-7-9-18(17)21(19)12-16-14(3)10-13(2)11-15(16)4/h6-11H,5,12H2,1-4H3. The first-order valence-electron chi connectivity index (χ1n) is 8.08. The van der Waals surface area contributed by atoms with E-state index < -0.39 is 9.84 Å². The number of hydrogen-bond acceptors (Lipinski definition) is 3. The van der Waals surface area contributed by atoms with Crippen molar-refractivity contribution in [3.8, 4) is 0 Å². The number of rotatable bonds is 4. The van der Waals surface area contributed by atoms with Gasteiger partial charge in [0, 0.05) is 0 Å². The molecule has 1 heterocycles. The van der Waals surface area contributed by atoms with Gasteiger partial charge in [0.15, 0.2) is 0 Å². The molecule has 0 saturated carbocycles. The van der Waals surface area contributed by atoms with Gasteiger partial charge in [0.2, 0.25) is 15.0 Å². The van der Waals surface area contributed by atoms with Gasteiger partial charge in [-0.3, -0.25) is 0 Å². The quantitative estimate of drug-likeness (QED) is 0.724. The lowest BCUT2D eigenvalue weighted by atomic mass is 10.00.